The number of hydrogen-bond acceptors (Lipinski definition) is 4. The van der Waals surface area contributed by atoms with Crippen LogP contribution in [0.1, 0.15) is 0 Å². The number of hydrogen-bond donors (Lipinski definition) is 0. The molecule has 0 aromatic rings. The summed E-state index contributed by atoms with van der Waals surface area (Å²) in [5.74, 6) is 0. The third kappa shape index (κ3) is 79.8. The molecule has 0 saturated heterocycles. The van der Waals surface area contributed by atoms with Gasteiger partial charge in [-0.05, 0) is 0 Å². The third-order valence-electron chi connectivity index (χ3n) is 0. The molecular formula is NaO4PTi+2. The van der Waals surface area contributed by atoms with Gasteiger partial charge in [0.2, 0.25) is 0 Å². The number of phosphoric acid groups is 1. The summed E-state index contributed by atoms with van der Waals surface area (Å²) < 4.78 is 8.55. The zero-order valence-corrected chi connectivity index (χ0v) is 8.04. The molecule has 0 spiro atoms. The van der Waals surface area contributed by atoms with Gasteiger partial charge in [0.05, 0.1) is 0 Å². The van der Waals surface area contributed by atoms with Crippen LogP contribution >= 0.6 is 7.82 Å². The fourth-order valence-corrected chi connectivity index (χ4v) is 0. The van der Waals surface area contributed by atoms with Gasteiger partial charge < -0.3 is 19.2 Å². The van der Waals surface area contributed by atoms with Crippen LogP contribution in [0.2, 0.25) is 0 Å². The standard InChI is InChI=1S/Na.H3O4P.Ti/c;1-5(2,3)4;/h;(H3,1,2,3,4);/q+1;;+4/p-3. The first-order valence-electron chi connectivity index (χ1n) is 0.730. The SMILES string of the molecule is O=P([O-])([O-])[O-].[Na+].[Ti+4]. The van der Waals surface area contributed by atoms with Gasteiger partial charge in [0.25, 0.3) is 0 Å². The summed E-state index contributed by atoms with van der Waals surface area (Å²) in [5.41, 5.74) is 0. The molecule has 32 valence electrons. The van der Waals surface area contributed by atoms with E-state index in [1.54, 1.807) is 0 Å². The minimum atomic E-state index is -5.39. The van der Waals surface area contributed by atoms with Gasteiger partial charge in [-0.3, -0.25) is 0 Å². The van der Waals surface area contributed by atoms with Crippen molar-refractivity contribution < 1.29 is 70.5 Å². The first-order valence-corrected chi connectivity index (χ1v) is 2.19. The summed E-state index contributed by atoms with van der Waals surface area (Å²) in [7, 11) is -5.39. The van der Waals surface area contributed by atoms with Crippen molar-refractivity contribution in [2.45, 2.75) is 0 Å². The molecule has 0 unspecified atom stereocenters. The van der Waals surface area contributed by atoms with Gasteiger partial charge in [-0.1, -0.05) is 0 Å². The Hall–Kier alpha value is 1.82. The number of rotatable bonds is 0. The Balaban J connectivity index is -0.0000000800. The van der Waals surface area contributed by atoms with Crippen molar-refractivity contribution in [3.05, 3.63) is 0 Å². The van der Waals surface area contributed by atoms with Crippen molar-refractivity contribution in [3.8, 4) is 0 Å². The van der Waals surface area contributed by atoms with Gasteiger partial charge in [0, 0.05) is 0 Å². The second-order valence-electron chi connectivity index (χ2n) is 0.447. The van der Waals surface area contributed by atoms with Crippen molar-refractivity contribution in [2.75, 3.05) is 0 Å². The van der Waals surface area contributed by atoms with Crippen LogP contribution in [0.25, 0.3) is 0 Å². The van der Waals surface area contributed by atoms with E-state index in [0.29, 0.717) is 0 Å². The van der Waals surface area contributed by atoms with Crippen LogP contribution in [-0.2, 0) is 26.3 Å². The van der Waals surface area contributed by atoms with Crippen LogP contribution in [0.4, 0.5) is 0 Å². The molecule has 0 fully saturated rings. The Kier molecular flexibility index (Phi) is 13.5. The van der Waals surface area contributed by atoms with Crippen LogP contribution < -0.4 is 44.2 Å². The first-order chi connectivity index (χ1) is 2.00. The molecule has 0 aliphatic carbocycles. The summed E-state index contributed by atoms with van der Waals surface area (Å²) >= 11 is 0. The molecule has 0 aliphatic rings. The van der Waals surface area contributed by atoms with Gasteiger partial charge in [0.1, 0.15) is 0 Å². The Labute approximate surface area is 77.7 Å². The van der Waals surface area contributed by atoms with Gasteiger partial charge in [0.15, 0.2) is 0 Å². The van der Waals surface area contributed by atoms with E-state index in [9.17, 15) is 0 Å². The van der Waals surface area contributed by atoms with Crippen LogP contribution in [0.5, 0.6) is 0 Å². The predicted octanol–water partition coefficient (Wildman–Crippen LogP) is -5.82. The van der Waals surface area contributed by atoms with E-state index in [1.165, 1.54) is 0 Å². The van der Waals surface area contributed by atoms with Crippen molar-refractivity contribution >= 4 is 7.82 Å². The maximum Gasteiger partial charge on any atom is 4.00 e. The minimum Gasteiger partial charge on any atom is -0.822 e. The molecule has 0 heterocycles. The van der Waals surface area contributed by atoms with Crippen molar-refractivity contribution in [1.29, 1.82) is 0 Å². The molecule has 0 amide bonds. The molecule has 0 bridgehead atoms. The Bertz CT molecular complexity index is 57.8. The van der Waals surface area contributed by atoms with Crippen molar-refractivity contribution in [1.82, 2.24) is 0 Å². The molecule has 0 aromatic carbocycles. The van der Waals surface area contributed by atoms with Gasteiger partial charge in [-0.15, -0.1) is 0 Å². The quantitative estimate of drug-likeness (QED) is 0.265. The largest absolute Gasteiger partial charge is 4.00 e. The molecular weight excluding hydrogens is 166 g/mol. The molecule has 0 atom stereocenters. The van der Waals surface area contributed by atoms with E-state index < -0.39 is 7.82 Å². The summed E-state index contributed by atoms with van der Waals surface area (Å²) in [5, 5.41) is 0. The van der Waals surface area contributed by atoms with Crippen molar-refractivity contribution in [2.24, 2.45) is 0 Å². The molecule has 0 aliphatic heterocycles. The Morgan fingerprint density at radius 2 is 1.14 bits per heavy atom. The fraction of sp³-hybridized carbons (Fsp3) is 0. The smallest absolute Gasteiger partial charge is 0.822 e. The average Bonchev–Trinajstić information content (AvgIpc) is 0.722. The Morgan fingerprint density at radius 1 is 1.14 bits per heavy atom. The zero-order chi connectivity index (χ0) is 4.50. The molecule has 0 radical (unpaired) electrons. The van der Waals surface area contributed by atoms with E-state index in [2.05, 4.69) is 0 Å². The molecule has 0 saturated carbocycles. The second kappa shape index (κ2) is 5.95. The van der Waals surface area contributed by atoms with E-state index in [0.717, 1.165) is 0 Å². The molecule has 4 nitrogen and oxygen atoms in total. The van der Waals surface area contributed by atoms with Crippen LogP contribution in [0.15, 0.2) is 0 Å². The molecule has 0 N–H and O–H groups in total. The molecule has 7 heavy (non-hydrogen) atoms. The average molecular weight is 166 g/mol. The molecule has 0 rings (SSSR count). The van der Waals surface area contributed by atoms with Gasteiger partial charge >= 0.3 is 51.3 Å². The van der Waals surface area contributed by atoms with E-state index in [4.69, 9.17) is 19.2 Å². The molecule has 7 heteroatoms. The first kappa shape index (κ1) is 15.9. The van der Waals surface area contributed by atoms with E-state index in [-0.39, 0.29) is 51.3 Å². The molecule has 0 aromatic heterocycles. The third-order valence-corrected chi connectivity index (χ3v) is 0. The topological polar surface area (TPSA) is 86.2 Å². The normalized spacial score (nSPS) is 8.43. The summed E-state index contributed by atoms with van der Waals surface area (Å²) in [6.07, 6.45) is 0. The van der Waals surface area contributed by atoms with Crippen LogP contribution in [0.3, 0.4) is 0 Å². The van der Waals surface area contributed by atoms with Gasteiger partial charge in [-0.25, -0.2) is 0 Å². The fourth-order valence-electron chi connectivity index (χ4n) is 0. The summed E-state index contributed by atoms with van der Waals surface area (Å²) in [6.45, 7) is 0. The van der Waals surface area contributed by atoms with Gasteiger partial charge in [-0.2, -0.15) is 7.82 Å². The van der Waals surface area contributed by atoms with Crippen LogP contribution in [-0.4, -0.2) is 0 Å². The minimum absolute atomic E-state index is 0. The van der Waals surface area contributed by atoms with E-state index in [1.807, 2.05) is 0 Å². The zero-order valence-electron chi connectivity index (χ0n) is 3.58. The van der Waals surface area contributed by atoms with Crippen molar-refractivity contribution in [3.63, 3.8) is 0 Å². The maximum atomic E-state index is 8.55. The van der Waals surface area contributed by atoms with Crippen LogP contribution in [0, 0.1) is 0 Å². The Morgan fingerprint density at radius 3 is 1.14 bits per heavy atom. The summed E-state index contributed by atoms with van der Waals surface area (Å²) in [4.78, 5) is 25.6. The monoisotopic (exact) mass is 166 g/mol. The predicted molar refractivity (Wildman–Crippen MR) is 7.61 cm³/mol. The second-order valence-corrected chi connectivity index (χ2v) is 1.34. The summed E-state index contributed by atoms with van der Waals surface area (Å²) in [6, 6.07) is 0. The maximum absolute atomic E-state index is 8.55. The van der Waals surface area contributed by atoms with E-state index >= 15 is 0 Å².